The van der Waals surface area contributed by atoms with Crippen molar-refractivity contribution >= 4 is 50.1 Å². The molecule has 1 heterocycles. The lowest BCUT2D eigenvalue weighted by Gasteiger charge is -2.19. The van der Waals surface area contributed by atoms with Crippen LogP contribution in [-0.2, 0) is 4.79 Å². The smallest absolute Gasteiger partial charge is 0.252 e. The van der Waals surface area contributed by atoms with Crippen molar-refractivity contribution in [2.24, 2.45) is 0 Å². The monoisotopic (exact) mass is 534 g/mol. The topological polar surface area (TPSA) is 59.1 Å². The largest absolute Gasteiger partial charge is 0.351 e. The van der Waals surface area contributed by atoms with Gasteiger partial charge in [0, 0.05) is 39.3 Å². The Morgan fingerprint density at radius 1 is 1.03 bits per heavy atom. The molecule has 34 heavy (non-hydrogen) atoms. The van der Waals surface area contributed by atoms with Crippen LogP contribution in [0, 0.1) is 6.92 Å². The van der Waals surface area contributed by atoms with Gasteiger partial charge >= 0.3 is 0 Å². The summed E-state index contributed by atoms with van der Waals surface area (Å²) < 4.78 is 0.871. The molecule has 0 aliphatic carbocycles. The van der Waals surface area contributed by atoms with Crippen LogP contribution in [0.2, 0.25) is 5.02 Å². The molecule has 172 valence electrons. The van der Waals surface area contributed by atoms with Gasteiger partial charge in [-0.25, -0.2) is 4.98 Å². The van der Waals surface area contributed by atoms with E-state index in [1.165, 1.54) is 0 Å². The quantitative estimate of drug-likeness (QED) is 0.274. The number of aromatic nitrogens is 1. The molecule has 3 aromatic carbocycles. The average Bonchev–Trinajstić information content (AvgIpc) is 2.81. The van der Waals surface area contributed by atoms with E-state index < -0.39 is 0 Å². The van der Waals surface area contributed by atoms with Gasteiger partial charge in [-0.05, 0) is 55.3 Å². The summed E-state index contributed by atoms with van der Waals surface area (Å²) in [5.74, 6) is -0.315. The lowest BCUT2D eigenvalue weighted by atomic mass is 9.93. The van der Waals surface area contributed by atoms with Gasteiger partial charge in [-0.1, -0.05) is 70.0 Å². The first kappa shape index (κ1) is 24.1. The maximum atomic E-state index is 13.6. The Labute approximate surface area is 212 Å². The second-order valence-corrected chi connectivity index (χ2v) is 9.71. The van der Waals surface area contributed by atoms with Crippen molar-refractivity contribution in [3.63, 3.8) is 0 Å². The number of Topliss-reactive ketones (excluding diaryl/α,β-unsaturated/α-hetero) is 1. The van der Waals surface area contributed by atoms with E-state index in [-0.39, 0.29) is 17.6 Å². The van der Waals surface area contributed by atoms with E-state index in [1.54, 1.807) is 13.0 Å². The third kappa shape index (κ3) is 5.37. The van der Waals surface area contributed by atoms with E-state index in [0.717, 1.165) is 37.8 Å². The molecule has 0 saturated carbocycles. The zero-order valence-electron chi connectivity index (χ0n) is 18.9. The molecule has 0 spiro atoms. The fourth-order valence-corrected chi connectivity index (χ4v) is 4.78. The number of fused-ring (bicyclic) bond motifs is 1. The van der Waals surface area contributed by atoms with E-state index >= 15 is 0 Å². The number of pyridine rings is 1. The summed E-state index contributed by atoms with van der Waals surface area (Å²) >= 11 is 9.70. The van der Waals surface area contributed by atoms with Crippen molar-refractivity contribution in [3.05, 3.63) is 99.0 Å². The SMILES string of the molecule is CC(=O)CC(CNC(=O)c1c(C)c(-c2ccccc2)nc2ccc(Br)cc12)c1cccc(Cl)c1. The molecule has 1 aromatic heterocycles. The number of halogens is 2. The van der Waals surface area contributed by atoms with Crippen LogP contribution in [0.1, 0.15) is 40.7 Å². The molecule has 1 atom stereocenters. The average molecular weight is 536 g/mol. The van der Waals surface area contributed by atoms with Crippen LogP contribution in [0.25, 0.3) is 22.2 Å². The van der Waals surface area contributed by atoms with Gasteiger partial charge < -0.3 is 10.1 Å². The maximum absolute atomic E-state index is 13.6. The lowest BCUT2D eigenvalue weighted by molar-refractivity contribution is -0.117. The minimum Gasteiger partial charge on any atom is -0.351 e. The summed E-state index contributed by atoms with van der Waals surface area (Å²) in [5.41, 5.74) is 4.78. The van der Waals surface area contributed by atoms with E-state index in [0.29, 0.717) is 23.6 Å². The first-order valence-electron chi connectivity index (χ1n) is 11.0. The number of hydrogen-bond acceptors (Lipinski definition) is 3. The zero-order valence-corrected chi connectivity index (χ0v) is 21.3. The molecule has 0 saturated heterocycles. The highest BCUT2D eigenvalue weighted by molar-refractivity contribution is 9.10. The Balaban J connectivity index is 1.73. The van der Waals surface area contributed by atoms with Crippen LogP contribution in [0.15, 0.2) is 77.3 Å². The van der Waals surface area contributed by atoms with Gasteiger partial charge in [-0.2, -0.15) is 0 Å². The van der Waals surface area contributed by atoms with E-state index in [2.05, 4.69) is 21.2 Å². The molecular formula is C28H24BrClN2O2. The molecule has 0 fully saturated rings. The van der Waals surface area contributed by atoms with E-state index in [9.17, 15) is 9.59 Å². The van der Waals surface area contributed by atoms with Gasteiger partial charge in [-0.3, -0.25) is 4.79 Å². The summed E-state index contributed by atoms with van der Waals surface area (Å²) in [4.78, 5) is 30.4. The number of carbonyl (C=O) groups excluding carboxylic acids is 2. The van der Waals surface area contributed by atoms with Gasteiger partial charge in [0.25, 0.3) is 5.91 Å². The molecular weight excluding hydrogens is 512 g/mol. The highest BCUT2D eigenvalue weighted by Crippen LogP contribution is 2.31. The second-order valence-electron chi connectivity index (χ2n) is 8.36. The van der Waals surface area contributed by atoms with Crippen LogP contribution in [0.5, 0.6) is 0 Å². The highest BCUT2D eigenvalue weighted by Gasteiger charge is 2.21. The summed E-state index contributed by atoms with van der Waals surface area (Å²) in [6.45, 7) is 3.80. The van der Waals surface area contributed by atoms with Crippen LogP contribution in [-0.4, -0.2) is 23.2 Å². The van der Waals surface area contributed by atoms with Gasteiger partial charge in [0.2, 0.25) is 0 Å². The Morgan fingerprint density at radius 3 is 2.50 bits per heavy atom. The van der Waals surface area contributed by atoms with Crippen molar-refractivity contribution in [3.8, 4) is 11.3 Å². The molecule has 1 N–H and O–H groups in total. The van der Waals surface area contributed by atoms with Crippen molar-refractivity contribution in [2.45, 2.75) is 26.2 Å². The number of benzene rings is 3. The molecule has 1 amide bonds. The first-order chi connectivity index (χ1) is 16.3. The molecule has 4 aromatic rings. The normalized spacial score (nSPS) is 11.9. The molecule has 0 aliphatic heterocycles. The van der Waals surface area contributed by atoms with Gasteiger partial charge in [0.15, 0.2) is 0 Å². The number of carbonyl (C=O) groups is 2. The Kier molecular flexibility index (Phi) is 7.44. The zero-order chi connectivity index (χ0) is 24.2. The van der Waals surface area contributed by atoms with Crippen molar-refractivity contribution in [1.82, 2.24) is 10.3 Å². The number of ketones is 1. The molecule has 0 radical (unpaired) electrons. The molecule has 1 unspecified atom stereocenters. The molecule has 0 bridgehead atoms. The van der Waals surface area contributed by atoms with Crippen molar-refractivity contribution in [1.29, 1.82) is 0 Å². The van der Waals surface area contributed by atoms with Crippen LogP contribution in [0.3, 0.4) is 0 Å². The highest BCUT2D eigenvalue weighted by atomic mass is 79.9. The fraction of sp³-hybridized carbons (Fsp3) is 0.179. The van der Waals surface area contributed by atoms with Crippen molar-refractivity contribution in [2.75, 3.05) is 6.54 Å². The van der Waals surface area contributed by atoms with Crippen LogP contribution >= 0.6 is 27.5 Å². The summed E-state index contributed by atoms with van der Waals surface area (Å²) in [7, 11) is 0. The molecule has 6 heteroatoms. The molecule has 0 aliphatic rings. The number of amides is 1. The predicted molar refractivity (Wildman–Crippen MR) is 141 cm³/mol. The number of hydrogen-bond donors (Lipinski definition) is 1. The van der Waals surface area contributed by atoms with E-state index in [1.807, 2.05) is 73.7 Å². The Morgan fingerprint density at radius 2 is 1.79 bits per heavy atom. The Hall–Kier alpha value is -3.02. The second kappa shape index (κ2) is 10.5. The summed E-state index contributed by atoms with van der Waals surface area (Å²) in [5, 5.41) is 4.45. The summed E-state index contributed by atoms with van der Waals surface area (Å²) in [6, 6.07) is 23.0. The number of rotatable bonds is 7. The molecule has 4 rings (SSSR count). The fourth-order valence-electron chi connectivity index (χ4n) is 4.22. The number of nitrogens with one attached hydrogen (secondary N) is 1. The number of nitrogens with zero attached hydrogens (tertiary/aromatic N) is 1. The summed E-state index contributed by atoms with van der Waals surface area (Å²) in [6.07, 6.45) is 0.317. The standard InChI is InChI=1S/C28H24BrClN2O2/c1-17(33)13-21(20-9-6-10-23(30)14-20)16-31-28(34)26-18(2)27(19-7-4-3-5-8-19)32-25-12-11-22(29)15-24(25)26/h3-12,14-15,21H,13,16H2,1-2H3,(H,31,34). The minimum atomic E-state index is -0.198. The van der Waals surface area contributed by atoms with Gasteiger partial charge in [-0.15, -0.1) is 0 Å². The van der Waals surface area contributed by atoms with Crippen molar-refractivity contribution < 1.29 is 9.59 Å². The maximum Gasteiger partial charge on any atom is 0.252 e. The minimum absolute atomic E-state index is 0.0556. The van der Waals surface area contributed by atoms with Crippen LogP contribution < -0.4 is 5.32 Å². The first-order valence-corrected chi connectivity index (χ1v) is 12.2. The van der Waals surface area contributed by atoms with Gasteiger partial charge in [0.05, 0.1) is 16.8 Å². The van der Waals surface area contributed by atoms with Crippen LogP contribution in [0.4, 0.5) is 0 Å². The van der Waals surface area contributed by atoms with E-state index in [4.69, 9.17) is 16.6 Å². The van der Waals surface area contributed by atoms with Gasteiger partial charge in [0.1, 0.15) is 5.78 Å². The third-order valence-electron chi connectivity index (χ3n) is 5.83. The lowest BCUT2D eigenvalue weighted by Crippen LogP contribution is -2.30. The predicted octanol–water partition coefficient (Wildman–Crippen LogP) is 7.12. The molecule has 4 nitrogen and oxygen atoms in total. The Bertz CT molecular complexity index is 1370. The third-order valence-corrected chi connectivity index (χ3v) is 6.56.